The molecule has 3 nitrogen and oxygen atoms in total. The number of alkyl halides is 4. The molecule has 1 atom stereocenters. The second-order valence-corrected chi connectivity index (χ2v) is 6.36. The van der Waals surface area contributed by atoms with Gasteiger partial charge in [0, 0.05) is 4.47 Å². The van der Waals surface area contributed by atoms with Crippen molar-refractivity contribution in [3.63, 3.8) is 0 Å². The van der Waals surface area contributed by atoms with Crippen LogP contribution in [0.5, 0.6) is 0 Å². The zero-order valence-corrected chi connectivity index (χ0v) is 13.9. The molecule has 1 heterocycles. The first-order valence-corrected chi connectivity index (χ1v) is 7.42. The molecule has 1 amide bonds. The van der Waals surface area contributed by atoms with Crippen LogP contribution >= 0.6 is 39.1 Å². The number of hydrogen-bond acceptors (Lipinski definition) is 2. The minimum atomic E-state index is -4.84. The van der Waals surface area contributed by atoms with Gasteiger partial charge in [-0.25, -0.2) is 0 Å². The molecule has 0 saturated heterocycles. The van der Waals surface area contributed by atoms with Gasteiger partial charge in [0.15, 0.2) is 10.6 Å². The van der Waals surface area contributed by atoms with Gasteiger partial charge >= 0.3 is 6.18 Å². The first-order valence-electron chi connectivity index (χ1n) is 5.87. The van der Waals surface area contributed by atoms with E-state index in [1.807, 2.05) is 0 Å². The van der Waals surface area contributed by atoms with E-state index in [4.69, 9.17) is 23.2 Å². The van der Waals surface area contributed by atoms with Crippen LogP contribution in [0.3, 0.4) is 0 Å². The third kappa shape index (κ3) is 2.89. The van der Waals surface area contributed by atoms with Crippen molar-refractivity contribution >= 4 is 56.4 Å². The summed E-state index contributed by atoms with van der Waals surface area (Å²) in [6, 6.07) is 4.22. The summed E-state index contributed by atoms with van der Waals surface area (Å²) in [6.07, 6.45) is -4.09. The number of carbonyl (C=O) groups excluding carboxylic acids is 1. The molecule has 22 heavy (non-hydrogen) atoms. The highest BCUT2D eigenvalue weighted by atomic mass is 79.9. The topological polar surface area (TPSA) is 32.7 Å². The van der Waals surface area contributed by atoms with Crippen molar-refractivity contribution < 1.29 is 18.0 Å². The lowest BCUT2D eigenvalue weighted by atomic mass is 9.97. The number of rotatable bonds is 3. The van der Waals surface area contributed by atoms with Crippen LogP contribution in [-0.4, -0.2) is 22.7 Å². The van der Waals surface area contributed by atoms with E-state index in [0.717, 1.165) is 6.08 Å². The molecule has 118 valence electrons. The second kappa shape index (κ2) is 5.86. The van der Waals surface area contributed by atoms with Gasteiger partial charge in [-0.15, -0.1) is 18.2 Å². The van der Waals surface area contributed by atoms with Gasteiger partial charge in [-0.1, -0.05) is 17.7 Å². The molecule has 0 radical (unpaired) electrons. The lowest BCUT2D eigenvalue weighted by molar-refractivity contribution is -0.119. The van der Waals surface area contributed by atoms with Crippen molar-refractivity contribution in [2.24, 2.45) is 5.10 Å². The number of nitrogens with zero attached hydrogens (tertiary/aromatic N) is 2. The number of allylic oxidation sites excluding steroid dienone is 1. The average Bonchev–Trinajstić information content (AvgIpc) is 2.66. The molecule has 1 aliphatic rings. The second-order valence-electron chi connectivity index (χ2n) is 4.46. The summed E-state index contributed by atoms with van der Waals surface area (Å²) in [6.45, 7) is 3.34. The van der Waals surface area contributed by atoms with Gasteiger partial charge in [0.05, 0.1) is 10.7 Å². The minimum Gasteiger partial charge on any atom is -0.270 e. The third-order valence-corrected chi connectivity index (χ3v) is 4.68. The Bertz CT molecular complexity index is 678. The summed E-state index contributed by atoms with van der Waals surface area (Å²) in [5.74, 6) is -1.00. The largest absolute Gasteiger partial charge is 0.433 e. The monoisotopic (exact) mass is 414 g/mol. The molecule has 0 aliphatic carbocycles. The Morgan fingerprint density at radius 1 is 1.45 bits per heavy atom. The van der Waals surface area contributed by atoms with Crippen LogP contribution in [0.15, 0.2) is 40.4 Å². The highest BCUT2D eigenvalue weighted by Gasteiger charge is 2.59. The number of hydrogen-bond donors (Lipinski definition) is 0. The molecule has 9 heteroatoms. The van der Waals surface area contributed by atoms with Crippen LogP contribution in [0, 0.1) is 0 Å². The Labute approximate surface area is 142 Å². The lowest BCUT2D eigenvalue weighted by Crippen LogP contribution is -2.46. The van der Waals surface area contributed by atoms with E-state index in [0.29, 0.717) is 9.48 Å². The van der Waals surface area contributed by atoms with Gasteiger partial charge in [-0.2, -0.15) is 23.3 Å². The number of benzene rings is 1. The van der Waals surface area contributed by atoms with Crippen LogP contribution < -0.4 is 5.01 Å². The van der Waals surface area contributed by atoms with Crippen molar-refractivity contribution in [1.82, 2.24) is 0 Å². The van der Waals surface area contributed by atoms with E-state index in [-0.39, 0.29) is 10.7 Å². The first-order chi connectivity index (χ1) is 10.1. The lowest BCUT2D eigenvalue weighted by Gasteiger charge is -2.21. The van der Waals surface area contributed by atoms with Crippen LogP contribution in [0.1, 0.15) is 6.42 Å². The smallest absolute Gasteiger partial charge is 0.270 e. The molecule has 0 spiro atoms. The average molecular weight is 416 g/mol. The van der Waals surface area contributed by atoms with Crippen LogP contribution in [0.2, 0.25) is 5.02 Å². The van der Waals surface area contributed by atoms with Gasteiger partial charge in [0.25, 0.3) is 5.91 Å². The molecule has 1 aromatic rings. The van der Waals surface area contributed by atoms with Crippen molar-refractivity contribution in [1.29, 1.82) is 0 Å². The van der Waals surface area contributed by atoms with Gasteiger partial charge in [-0.3, -0.25) is 4.79 Å². The zero-order chi connectivity index (χ0) is 16.7. The van der Waals surface area contributed by atoms with E-state index in [9.17, 15) is 18.0 Å². The summed E-state index contributed by atoms with van der Waals surface area (Å²) >= 11 is 15.0. The maximum absolute atomic E-state index is 13.1. The molecule has 0 fully saturated rings. The van der Waals surface area contributed by atoms with E-state index < -0.39 is 29.1 Å². The number of halogens is 6. The van der Waals surface area contributed by atoms with Crippen LogP contribution in [-0.2, 0) is 4.79 Å². The standard InChI is InChI=1S/C13H8BrCl2F3N2O/c1-2-5-12(16)10(13(17,18)19)20-21(11(12)22)7-3-4-8(14)9(15)6-7/h2-4,6H,1,5H2. The highest BCUT2D eigenvalue weighted by molar-refractivity contribution is 9.10. The maximum atomic E-state index is 13.1. The SMILES string of the molecule is C=CCC1(Cl)C(=O)N(c2ccc(Br)c(Cl)c2)N=C1C(F)(F)F. The Hall–Kier alpha value is -1.05. The van der Waals surface area contributed by atoms with Crippen molar-refractivity contribution in [3.05, 3.63) is 40.3 Å². The Kier molecular flexibility index (Phi) is 4.61. The van der Waals surface area contributed by atoms with Gasteiger partial charge in [0.1, 0.15) is 0 Å². The first kappa shape index (κ1) is 17.3. The molecule has 0 saturated carbocycles. The van der Waals surface area contributed by atoms with Gasteiger partial charge < -0.3 is 0 Å². The molecule has 1 aromatic carbocycles. The van der Waals surface area contributed by atoms with Crippen LogP contribution in [0.25, 0.3) is 0 Å². The Morgan fingerprint density at radius 3 is 2.59 bits per heavy atom. The molecular formula is C13H8BrCl2F3N2O. The Balaban J connectivity index is 2.54. The molecule has 2 rings (SSSR count). The van der Waals surface area contributed by atoms with E-state index in [1.54, 1.807) is 0 Å². The fraction of sp³-hybridized carbons (Fsp3) is 0.231. The summed E-state index contributed by atoms with van der Waals surface area (Å²) in [7, 11) is 0. The summed E-state index contributed by atoms with van der Waals surface area (Å²) in [5.41, 5.74) is -1.28. The maximum Gasteiger partial charge on any atom is 0.433 e. The Morgan fingerprint density at radius 2 is 2.09 bits per heavy atom. The van der Waals surface area contributed by atoms with E-state index in [2.05, 4.69) is 27.6 Å². The van der Waals surface area contributed by atoms with Crippen molar-refractivity contribution in [3.8, 4) is 0 Å². The normalized spacial score (nSPS) is 22.0. The van der Waals surface area contributed by atoms with E-state index in [1.165, 1.54) is 18.2 Å². The quantitative estimate of drug-likeness (QED) is 0.509. The van der Waals surface area contributed by atoms with Crippen LogP contribution in [0.4, 0.5) is 18.9 Å². The summed E-state index contributed by atoms with van der Waals surface area (Å²) < 4.78 is 39.9. The molecule has 1 aliphatic heterocycles. The molecule has 0 aromatic heterocycles. The molecular weight excluding hydrogens is 408 g/mol. The number of hydrazone groups is 1. The third-order valence-electron chi connectivity index (χ3n) is 2.95. The van der Waals surface area contributed by atoms with E-state index >= 15 is 0 Å². The highest BCUT2D eigenvalue weighted by Crippen LogP contribution is 2.41. The number of anilines is 1. The number of amides is 1. The van der Waals surface area contributed by atoms with Crippen molar-refractivity contribution in [2.75, 3.05) is 5.01 Å². The minimum absolute atomic E-state index is 0.0894. The zero-order valence-electron chi connectivity index (χ0n) is 10.8. The summed E-state index contributed by atoms with van der Waals surface area (Å²) in [4.78, 5) is 10.0. The fourth-order valence-corrected chi connectivity index (χ4v) is 2.71. The fourth-order valence-electron chi connectivity index (χ4n) is 1.95. The number of carbonyl (C=O) groups is 1. The van der Waals surface area contributed by atoms with Crippen molar-refractivity contribution in [2.45, 2.75) is 17.5 Å². The van der Waals surface area contributed by atoms with Gasteiger partial charge in [-0.05, 0) is 40.5 Å². The predicted octanol–water partition coefficient (Wildman–Crippen LogP) is 4.92. The molecule has 0 bridgehead atoms. The molecule has 1 unspecified atom stereocenters. The predicted molar refractivity (Wildman–Crippen MR) is 83.5 cm³/mol. The summed E-state index contributed by atoms with van der Waals surface area (Å²) in [5, 5.41) is 4.21. The molecule has 0 N–H and O–H groups in total. The van der Waals surface area contributed by atoms with Gasteiger partial charge in [0.2, 0.25) is 0 Å².